The number of phenolic OH excluding ortho intramolecular Hbond substituents is 1. The molecule has 0 unspecified atom stereocenters. The Balaban J connectivity index is 1.94. The standard InChI is InChI=1S/C19H20F3N5O/c1-2-27-7-3-4-13(11-27)24-17-9-15(19(20,21)22)18(26-25-17)14-6-5-12(10-23)8-16(14)28/h5-6,8-9,13,28H,2-4,7,11H2,1H3,(H,24,25)/t13-/m1/s1. The van der Waals surface area contributed by atoms with Crippen LogP contribution in [0.15, 0.2) is 24.3 Å². The highest BCUT2D eigenvalue weighted by atomic mass is 19.4. The number of piperidine rings is 1. The van der Waals surface area contributed by atoms with Gasteiger partial charge in [0.2, 0.25) is 0 Å². The lowest BCUT2D eigenvalue weighted by molar-refractivity contribution is -0.137. The van der Waals surface area contributed by atoms with Crippen molar-refractivity contribution in [2.45, 2.75) is 32.0 Å². The van der Waals surface area contributed by atoms with Crippen molar-refractivity contribution in [1.29, 1.82) is 5.26 Å². The van der Waals surface area contributed by atoms with Gasteiger partial charge in [-0.1, -0.05) is 6.92 Å². The van der Waals surface area contributed by atoms with Gasteiger partial charge in [0.15, 0.2) is 0 Å². The van der Waals surface area contributed by atoms with Gasteiger partial charge in [-0.05, 0) is 50.2 Å². The molecule has 1 saturated heterocycles. The third-order valence-electron chi connectivity index (χ3n) is 4.79. The summed E-state index contributed by atoms with van der Waals surface area (Å²) in [4.78, 5) is 2.22. The van der Waals surface area contributed by atoms with Crippen LogP contribution in [0.1, 0.15) is 30.9 Å². The number of alkyl halides is 3. The van der Waals surface area contributed by atoms with Crippen molar-refractivity contribution < 1.29 is 18.3 Å². The van der Waals surface area contributed by atoms with Gasteiger partial charge in [0.05, 0.1) is 17.2 Å². The Morgan fingerprint density at radius 1 is 1.32 bits per heavy atom. The van der Waals surface area contributed by atoms with E-state index >= 15 is 0 Å². The number of hydrogen-bond acceptors (Lipinski definition) is 6. The molecule has 0 spiro atoms. The molecule has 2 heterocycles. The summed E-state index contributed by atoms with van der Waals surface area (Å²) in [6.45, 7) is 4.64. The number of nitriles is 1. The first-order valence-corrected chi connectivity index (χ1v) is 8.99. The molecule has 9 heteroatoms. The number of rotatable bonds is 4. The maximum atomic E-state index is 13.6. The van der Waals surface area contributed by atoms with E-state index in [9.17, 15) is 18.3 Å². The van der Waals surface area contributed by atoms with Crippen molar-refractivity contribution in [3.63, 3.8) is 0 Å². The zero-order valence-corrected chi connectivity index (χ0v) is 15.3. The lowest BCUT2D eigenvalue weighted by Crippen LogP contribution is -2.42. The van der Waals surface area contributed by atoms with Gasteiger partial charge < -0.3 is 15.3 Å². The van der Waals surface area contributed by atoms with E-state index in [0.29, 0.717) is 0 Å². The van der Waals surface area contributed by atoms with Crippen LogP contribution in [-0.2, 0) is 6.18 Å². The summed E-state index contributed by atoms with van der Waals surface area (Å²) < 4.78 is 40.9. The predicted molar refractivity (Wildman–Crippen MR) is 97.6 cm³/mol. The van der Waals surface area contributed by atoms with Gasteiger partial charge >= 0.3 is 6.18 Å². The molecule has 2 N–H and O–H groups in total. The summed E-state index contributed by atoms with van der Waals surface area (Å²) in [6, 6.07) is 6.40. The summed E-state index contributed by atoms with van der Waals surface area (Å²) in [7, 11) is 0. The maximum Gasteiger partial charge on any atom is 0.418 e. The van der Waals surface area contributed by atoms with E-state index in [-0.39, 0.29) is 23.0 Å². The molecule has 0 saturated carbocycles. The molecule has 1 aliphatic rings. The summed E-state index contributed by atoms with van der Waals surface area (Å²) in [5.74, 6) is -0.405. The van der Waals surface area contributed by atoms with Gasteiger partial charge in [0.1, 0.15) is 17.3 Å². The molecule has 0 aliphatic carbocycles. The van der Waals surface area contributed by atoms with Crippen LogP contribution in [0.3, 0.4) is 0 Å². The number of halogens is 3. The number of likely N-dealkylation sites (tertiary alicyclic amines) is 1. The average molecular weight is 391 g/mol. The van der Waals surface area contributed by atoms with Crippen molar-refractivity contribution in [3.05, 3.63) is 35.4 Å². The molecule has 1 aromatic carbocycles. The summed E-state index contributed by atoms with van der Waals surface area (Å²) >= 11 is 0. The van der Waals surface area contributed by atoms with Crippen LogP contribution in [0.5, 0.6) is 5.75 Å². The number of aromatic nitrogens is 2. The first-order valence-electron chi connectivity index (χ1n) is 8.99. The lowest BCUT2D eigenvalue weighted by atomic mass is 10.0. The highest BCUT2D eigenvalue weighted by Crippen LogP contribution is 2.39. The number of anilines is 1. The van der Waals surface area contributed by atoms with Crippen LogP contribution < -0.4 is 5.32 Å². The molecule has 28 heavy (non-hydrogen) atoms. The normalized spacial score (nSPS) is 17.9. The minimum Gasteiger partial charge on any atom is -0.507 e. The minimum absolute atomic E-state index is 0.00162. The molecule has 1 fully saturated rings. The minimum atomic E-state index is -4.68. The topological polar surface area (TPSA) is 85.1 Å². The number of aromatic hydroxyl groups is 1. The lowest BCUT2D eigenvalue weighted by Gasteiger charge is -2.32. The van der Waals surface area contributed by atoms with Crippen molar-refractivity contribution in [2.75, 3.05) is 25.0 Å². The Morgan fingerprint density at radius 2 is 2.11 bits per heavy atom. The molecule has 6 nitrogen and oxygen atoms in total. The second kappa shape index (κ2) is 8.02. The fraction of sp³-hybridized carbons (Fsp3) is 0.421. The fourth-order valence-electron chi connectivity index (χ4n) is 3.35. The second-order valence-corrected chi connectivity index (χ2v) is 6.71. The highest BCUT2D eigenvalue weighted by molar-refractivity contribution is 5.71. The Kier molecular flexibility index (Phi) is 5.70. The average Bonchev–Trinajstić information content (AvgIpc) is 2.67. The van der Waals surface area contributed by atoms with Crippen LogP contribution in [-0.4, -0.2) is 45.9 Å². The molecule has 3 rings (SSSR count). The molecule has 0 amide bonds. The van der Waals surface area contributed by atoms with Crippen LogP contribution in [0.2, 0.25) is 0 Å². The predicted octanol–water partition coefficient (Wildman–Crippen LogP) is 3.64. The molecule has 0 bridgehead atoms. The first-order chi connectivity index (χ1) is 13.3. The Labute approximate surface area is 160 Å². The molecular weight excluding hydrogens is 371 g/mol. The molecule has 1 aliphatic heterocycles. The van der Waals surface area contributed by atoms with Crippen molar-refractivity contribution >= 4 is 5.82 Å². The third kappa shape index (κ3) is 4.34. The van der Waals surface area contributed by atoms with Crippen molar-refractivity contribution in [2.24, 2.45) is 0 Å². The zero-order valence-electron chi connectivity index (χ0n) is 15.3. The van der Waals surface area contributed by atoms with E-state index in [2.05, 4.69) is 20.4 Å². The zero-order chi connectivity index (χ0) is 20.3. The van der Waals surface area contributed by atoms with E-state index in [1.54, 1.807) is 0 Å². The Morgan fingerprint density at radius 3 is 2.75 bits per heavy atom. The number of nitrogens with zero attached hydrogens (tertiary/aromatic N) is 4. The van der Waals surface area contributed by atoms with Gasteiger partial charge in [-0.25, -0.2) is 0 Å². The quantitative estimate of drug-likeness (QED) is 0.828. The molecule has 0 radical (unpaired) electrons. The van der Waals surface area contributed by atoms with E-state index in [1.165, 1.54) is 12.1 Å². The van der Waals surface area contributed by atoms with E-state index < -0.39 is 23.2 Å². The van der Waals surface area contributed by atoms with Crippen LogP contribution in [0.25, 0.3) is 11.3 Å². The molecular formula is C19H20F3N5O. The number of likely N-dealkylation sites (N-methyl/N-ethyl adjacent to an activating group) is 1. The van der Waals surface area contributed by atoms with E-state index in [0.717, 1.165) is 44.6 Å². The SMILES string of the molecule is CCN1CCC[C@@H](Nc2cc(C(F)(F)F)c(-c3ccc(C#N)cc3O)nn2)C1. The van der Waals surface area contributed by atoms with Crippen molar-refractivity contribution in [1.82, 2.24) is 15.1 Å². The highest BCUT2D eigenvalue weighted by Gasteiger charge is 2.36. The Hall–Kier alpha value is -2.86. The number of hydrogen-bond donors (Lipinski definition) is 2. The van der Waals surface area contributed by atoms with E-state index in [1.807, 2.05) is 13.0 Å². The number of benzene rings is 1. The second-order valence-electron chi connectivity index (χ2n) is 6.71. The fourth-order valence-corrected chi connectivity index (χ4v) is 3.35. The number of nitrogens with one attached hydrogen (secondary N) is 1. The van der Waals surface area contributed by atoms with Gasteiger partial charge in [-0.15, -0.1) is 10.2 Å². The monoisotopic (exact) mass is 391 g/mol. The van der Waals surface area contributed by atoms with Gasteiger partial charge in [-0.2, -0.15) is 18.4 Å². The first kappa shape index (κ1) is 19.9. The van der Waals surface area contributed by atoms with Gasteiger partial charge in [0, 0.05) is 18.2 Å². The largest absolute Gasteiger partial charge is 0.507 e. The summed E-state index contributed by atoms with van der Waals surface area (Å²) in [5, 5.41) is 29.6. The summed E-state index contributed by atoms with van der Waals surface area (Å²) in [6.07, 6.45) is -2.87. The maximum absolute atomic E-state index is 13.6. The Bertz CT molecular complexity index is 894. The third-order valence-corrected chi connectivity index (χ3v) is 4.79. The van der Waals surface area contributed by atoms with Crippen LogP contribution in [0.4, 0.5) is 19.0 Å². The molecule has 2 aromatic rings. The van der Waals surface area contributed by atoms with Gasteiger partial charge in [0.25, 0.3) is 0 Å². The smallest absolute Gasteiger partial charge is 0.418 e. The molecule has 148 valence electrons. The van der Waals surface area contributed by atoms with Gasteiger partial charge in [-0.3, -0.25) is 0 Å². The van der Waals surface area contributed by atoms with Crippen LogP contribution >= 0.6 is 0 Å². The molecule has 1 atom stereocenters. The summed E-state index contributed by atoms with van der Waals surface area (Å²) in [5.41, 5.74) is -1.45. The molecule has 1 aromatic heterocycles. The number of phenols is 1. The van der Waals surface area contributed by atoms with Crippen LogP contribution in [0, 0.1) is 11.3 Å². The van der Waals surface area contributed by atoms with Crippen molar-refractivity contribution in [3.8, 4) is 23.1 Å². The van der Waals surface area contributed by atoms with E-state index in [4.69, 9.17) is 5.26 Å².